The van der Waals surface area contributed by atoms with Crippen molar-refractivity contribution in [3.63, 3.8) is 0 Å². The molecule has 0 fully saturated rings. The maximum absolute atomic E-state index is 9.44. The van der Waals surface area contributed by atoms with Gasteiger partial charge < -0.3 is 10.0 Å². The molecule has 1 N–H and O–H groups in total. The van der Waals surface area contributed by atoms with Crippen LogP contribution in [0.15, 0.2) is 115 Å². The first kappa shape index (κ1) is 20.3. The average molecular weight is 452 g/mol. The third-order valence-electron chi connectivity index (χ3n) is 7.87. The smallest absolute Gasteiger partial charge is 0.0726 e. The van der Waals surface area contributed by atoms with Gasteiger partial charge in [-0.05, 0) is 74.3 Å². The van der Waals surface area contributed by atoms with Gasteiger partial charge in [-0.15, -0.1) is 0 Å². The molecular weight excluding hydrogens is 426 g/mol. The highest BCUT2D eigenvalue weighted by Crippen LogP contribution is 2.63. The number of fused-ring (bicyclic) bond motifs is 10. The van der Waals surface area contributed by atoms with Crippen LogP contribution in [0.2, 0.25) is 0 Å². The number of nitrogens with zero attached hydrogens (tertiary/aromatic N) is 1. The van der Waals surface area contributed by atoms with E-state index in [0.29, 0.717) is 0 Å². The van der Waals surface area contributed by atoms with Gasteiger partial charge >= 0.3 is 0 Å². The maximum Gasteiger partial charge on any atom is 0.0726 e. The molecule has 0 bridgehead atoms. The molecule has 0 aromatic heterocycles. The van der Waals surface area contributed by atoms with Gasteiger partial charge in [-0.3, -0.25) is 0 Å². The van der Waals surface area contributed by atoms with Crippen molar-refractivity contribution in [1.82, 2.24) is 0 Å². The number of hydrogen-bond donors (Lipinski definition) is 1. The minimum Gasteiger partial charge on any atom is -0.392 e. The molecule has 0 aliphatic heterocycles. The summed E-state index contributed by atoms with van der Waals surface area (Å²) in [6.45, 7) is 0.0580. The summed E-state index contributed by atoms with van der Waals surface area (Å²) in [6, 6.07) is 41.7. The van der Waals surface area contributed by atoms with E-state index < -0.39 is 0 Å². The van der Waals surface area contributed by atoms with Gasteiger partial charge in [0.2, 0.25) is 0 Å². The second-order valence-electron chi connectivity index (χ2n) is 9.50. The monoisotopic (exact) mass is 451 g/mol. The number of benzene rings is 5. The molecule has 35 heavy (non-hydrogen) atoms. The van der Waals surface area contributed by atoms with Crippen molar-refractivity contribution in [1.29, 1.82) is 0 Å². The Hall–Kier alpha value is -4.14. The van der Waals surface area contributed by atoms with Crippen molar-refractivity contribution < 1.29 is 5.11 Å². The first-order valence-corrected chi connectivity index (χ1v) is 12.1. The summed E-state index contributed by atoms with van der Waals surface area (Å²) in [5.41, 5.74) is 13.5. The van der Waals surface area contributed by atoms with Gasteiger partial charge in [-0.1, -0.05) is 91.0 Å². The van der Waals surface area contributed by atoms with Crippen LogP contribution < -0.4 is 4.90 Å². The van der Waals surface area contributed by atoms with Crippen LogP contribution in [-0.4, -0.2) is 12.2 Å². The molecule has 0 saturated heterocycles. The Morgan fingerprint density at radius 2 is 1.00 bits per heavy atom. The van der Waals surface area contributed by atoms with Gasteiger partial charge in [0.15, 0.2) is 0 Å². The van der Waals surface area contributed by atoms with E-state index in [0.717, 1.165) is 16.9 Å². The molecule has 7 rings (SSSR count). The van der Waals surface area contributed by atoms with E-state index >= 15 is 0 Å². The summed E-state index contributed by atoms with van der Waals surface area (Å²) >= 11 is 0. The molecule has 0 unspecified atom stereocenters. The van der Waals surface area contributed by atoms with Crippen LogP contribution >= 0.6 is 0 Å². The molecule has 0 radical (unpaired) electrons. The molecule has 0 amide bonds. The molecule has 2 heteroatoms. The quantitative estimate of drug-likeness (QED) is 0.305. The molecule has 2 aliphatic carbocycles. The molecule has 5 aromatic carbocycles. The van der Waals surface area contributed by atoms with Crippen molar-refractivity contribution >= 4 is 11.4 Å². The van der Waals surface area contributed by atoms with Crippen molar-refractivity contribution in [3.8, 4) is 22.3 Å². The standard InChI is InChI=1S/C33H25NO/c1-34(23-16-14-22(21-35)15-17-23)24-18-19-28-27-10-4-7-13-31(27)33(32(28)20-24)29-11-5-2-8-25(29)26-9-3-6-12-30(26)33/h2-20,35H,21H2,1H3. The van der Waals surface area contributed by atoms with Gasteiger partial charge in [0.1, 0.15) is 0 Å². The van der Waals surface area contributed by atoms with Crippen LogP contribution in [0, 0.1) is 0 Å². The SMILES string of the molecule is CN(c1ccc(CO)cc1)c1ccc2c(c1)C1(c3ccccc3-c3ccccc31)c1ccccc1-2. The zero-order chi connectivity index (χ0) is 23.6. The summed E-state index contributed by atoms with van der Waals surface area (Å²) in [7, 11) is 2.11. The highest BCUT2D eigenvalue weighted by atomic mass is 16.3. The van der Waals surface area contributed by atoms with E-state index in [2.05, 4.69) is 115 Å². The van der Waals surface area contributed by atoms with E-state index in [1.807, 2.05) is 12.1 Å². The lowest BCUT2D eigenvalue weighted by atomic mass is 9.70. The van der Waals surface area contributed by atoms with Crippen molar-refractivity contribution in [3.05, 3.63) is 143 Å². The number of aliphatic hydroxyl groups excluding tert-OH is 1. The Kier molecular flexibility index (Phi) is 4.30. The van der Waals surface area contributed by atoms with Crippen LogP contribution in [0.4, 0.5) is 11.4 Å². The van der Waals surface area contributed by atoms with Crippen LogP contribution in [0.5, 0.6) is 0 Å². The van der Waals surface area contributed by atoms with Crippen LogP contribution in [-0.2, 0) is 12.0 Å². The molecule has 5 aromatic rings. The third-order valence-corrected chi connectivity index (χ3v) is 7.87. The van der Waals surface area contributed by atoms with Gasteiger partial charge in [-0.2, -0.15) is 0 Å². The lowest BCUT2D eigenvalue weighted by molar-refractivity contribution is 0.282. The largest absolute Gasteiger partial charge is 0.392 e. The van der Waals surface area contributed by atoms with Gasteiger partial charge in [-0.25, -0.2) is 0 Å². The first-order valence-electron chi connectivity index (χ1n) is 12.1. The first-order chi connectivity index (χ1) is 17.2. The summed E-state index contributed by atoms with van der Waals surface area (Å²) in [5, 5.41) is 9.44. The van der Waals surface area contributed by atoms with Crippen molar-refractivity contribution in [2.75, 3.05) is 11.9 Å². The highest BCUT2D eigenvalue weighted by Gasteiger charge is 2.51. The lowest BCUT2D eigenvalue weighted by Gasteiger charge is -2.31. The van der Waals surface area contributed by atoms with Crippen LogP contribution in [0.3, 0.4) is 0 Å². The Balaban J connectivity index is 1.50. The highest BCUT2D eigenvalue weighted by molar-refractivity contribution is 5.95. The van der Waals surface area contributed by atoms with E-state index in [-0.39, 0.29) is 12.0 Å². The molecule has 0 atom stereocenters. The van der Waals surface area contributed by atoms with E-state index in [4.69, 9.17) is 0 Å². The molecule has 2 nitrogen and oxygen atoms in total. The Morgan fingerprint density at radius 1 is 0.543 bits per heavy atom. The Bertz CT molecular complexity index is 1530. The second kappa shape index (κ2) is 7.43. The maximum atomic E-state index is 9.44. The van der Waals surface area contributed by atoms with Crippen LogP contribution in [0.25, 0.3) is 22.3 Å². The zero-order valence-corrected chi connectivity index (χ0v) is 19.6. The fourth-order valence-corrected chi connectivity index (χ4v) is 6.27. The summed E-state index contributed by atoms with van der Waals surface area (Å²) < 4.78 is 0. The normalized spacial score (nSPS) is 13.8. The molecule has 0 saturated carbocycles. The zero-order valence-electron chi connectivity index (χ0n) is 19.6. The van der Waals surface area contributed by atoms with Gasteiger partial charge in [0.05, 0.1) is 12.0 Å². The van der Waals surface area contributed by atoms with Gasteiger partial charge in [0, 0.05) is 18.4 Å². The van der Waals surface area contributed by atoms with Crippen molar-refractivity contribution in [2.24, 2.45) is 0 Å². The molecule has 2 aliphatic rings. The summed E-state index contributed by atoms with van der Waals surface area (Å²) in [4.78, 5) is 2.23. The molecule has 1 spiro atoms. The van der Waals surface area contributed by atoms with Crippen molar-refractivity contribution in [2.45, 2.75) is 12.0 Å². The van der Waals surface area contributed by atoms with Crippen LogP contribution in [0.1, 0.15) is 27.8 Å². The number of anilines is 2. The molecular formula is C33H25NO. The van der Waals surface area contributed by atoms with Gasteiger partial charge in [0.25, 0.3) is 0 Å². The summed E-state index contributed by atoms with van der Waals surface area (Å²) in [5.74, 6) is 0. The Morgan fingerprint density at radius 3 is 1.51 bits per heavy atom. The average Bonchev–Trinajstić information content (AvgIpc) is 3.40. The molecule has 0 heterocycles. The minimum absolute atomic E-state index is 0.0580. The predicted molar refractivity (Wildman–Crippen MR) is 143 cm³/mol. The number of aliphatic hydroxyl groups is 1. The minimum atomic E-state index is -0.323. The molecule has 168 valence electrons. The third kappa shape index (κ3) is 2.63. The Labute approximate surface area is 205 Å². The number of rotatable bonds is 3. The second-order valence-corrected chi connectivity index (χ2v) is 9.50. The topological polar surface area (TPSA) is 23.5 Å². The fraction of sp³-hybridized carbons (Fsp3) is 0.0909. The predicted octanol–water partition coefficient (Wildman–Crippen LogP) is 7.29. The summed E-state index contributed by atoms with van der Waals surface area (Å²) in [6.07, 6.45) is 0. The fourth-order valence-electron chi connectivity index (χ4n) is 6.27. The number of hydrogen-bond acceptors (Lipinski definition) is 2. The van der Waals surface area contributed by atoms with E-state index in [1.54, 1.807) is 0 Å². The van der Waals surface area contributed by atoms with E-state index in [9.17, 15) is 5.11 Å². The van der Waals surface area contributed by atoms with E-state index in [1.165, 1.54) is 44.5 Å². The lowest BCUT2D eigenvalue weighted by Crippen LogP contribution is -2.26.